The molecule has 0 unspecified atom stereocenters. The Balaban J connectivity index is 0.00000400. The number of esters is 1. The van der Waals surface area contributed by atoms with Crippen molar-refractivity contribution in [3.05, 3.63) is 60.2 Å². The van der Waals surface area contributed by atoms with Crippen LogP contribution >= 0.6 is 17.0 Å². The van der Waals surface area contributed by atoms with Gasteiger partial charge in [0.15, 0.2) is 6.04 Å². The number of aryl methyl sites for hydroxylation is 1. The van der Waals surface area contributed by atoms with Crippen LogP contribution in [-0.2, 0) is 30.3 Å². The number of carbonyl (C=O) groups is 4. The van der Waals surface area contributed by atoms with Gasteiger partial charge >= 0.3 is 11.9 Å². The molecule has 4 rings (SSSR count). The van der Waals surface area contributed by atoms with Gasteiger partial charge in [0.1, 0.15) is 6.04 Å². The first-order chi connectivity index (χ1) is 17.9. The van der Waals surface area contributed by atoms with Gasteiger partial charge in [0.05, 0.1) is 12.6 Å². The zero-order valence-electron chi connectivity index (χ0n) is 21.4. The lowest BCUT2D eigenvalue weighted by molar-refractivity contribution is -0.181. The number of carbonyl (C=O) groups excluding carboxylic acids is 3. The van der Waals surface area contributed by atoms with Gasteiger partial charge in [-0.1, -0.05) is 54.6 Å². The quantitative estimate of drug-likeness (QED) is 0.432. The first-order valence-electron chi connectivity index (χ1n) is 12.8. The van der Waals surface area contributed by atoms with Crippen LogP contribution in [0.5, 0.6) is 0 Å². The average Bonchev–Trinajstić information content (AvgIpc) is 3.03. The van der Waals surface area contributed by atoms with Crippen molar-refractivity contribution in [1.29, 1.82) is 0 Å². The van der Waals surface area contributed by atoms with Crippen molar-refractivity contribution in [2.45, 2.75) is 63.6 Å². The van der Waals surface area contributed by atoms with Crippen LogP contribution in [0.3, 0.4) is 0 Å². The average molecular weight is 588 g/mol. The van der Waals surface area contributed by atoms with E-state index in [1.807, 2.05) is 54.6 Å². The van der Waals surface area contributed by atoms with Crippen molar-refractivity contribution >= 4 is 40.7 Å². The molecule has 0 spiro atoms. The summed E-state index contributed by atoms with van der Waals surface area (Å²) in [5, 5.41) is 15.1. The molecule has 2 heterocycles. The van der Waals surface area contributed by atoms with Gasteiger partial charge in [-0.25, -0.2) is 9.80 Å². The largest absolute Gasteiger partial charge is 0.480 e. The van der Waals surface area contributed by atoms with Gasteiger partial charge in [0.2, 0.25) is 5.91 Å². The molecule has 9 nitrogen and oxygen atoms in total. The second-order valence-corrected chi connectivity index (χ2v) is 9.36. The first-order valence-corrected chi connectivity index (χ1v) is 12.8. The van der Waals surface area contributed by atoms with Crippen LogP contribution < -0.4 is 5.32 Å². The van der Waals surface area contributed by atoms with Crippen molar-refractivity contribution in [2.24, 2.45) is 0 Å². The number of hydrogen-bond donors (Lipinski definition) is 2. The number of hydrogen-bond acceptors (Lipinski definition) is 6. The minimum absolute atomic E-state index is 0. The van der Waals surface area contributed by atoms with Gasteiger partial charge in [-0.15, -0.1) is 17.0 Å². The summed E-state index contributed by atoms with van der Waals surface area (Å²) in [4.78, 5) is 50.8. The third-order valence-corrected chi connectivity index (χ3v) is 6.90. The fourth-order valence-corrected chi connectivity index (χ4v) is 4.97. The number of amides is 2. The molecule has 204 valence electrons. The Hall–Kier alpha value is -3.24. The van der Waals surface area contributed by atoms with Crippen LogP contribution in [0.1, 0.15) is 44.6 Å². The maximum Gasteiger partial charge on any atom is 0.328 e. The summed E-state index contributed by atoms with van der Waals surface area (Å²) >= 11 is 0. The van der Waals surface area contributed by atoms with Crippen molar-refractivity contribution in [2.75, 3.05) is 13.2 Å². The second-order valence-electron chi connectivity index (χ2n) is 9.36. The van der Waals surface area contributed by atoms with Gasteiger partial charge in [0, 0.05) is 13.0 Å². The fraction of sp³-hybridized carbons (Fsp3) is 0.429. The normalized spacial score (nSPS) is 20.1. The predicted molar refractivity (Wildman–Crippen MR) is 146 cm³/mol. The van der Waals surface area contributed by atoms with Crippen molar-refractivity contribution in [3.8, 4) is 11.1 Å². The SMILES string of the molecule is Br.CCOC(=O)[C@H](CCc1ccc(-c2ccccc2)cc1)N[C@H]1CCC(=O)N2CCC[C@@H](C(=O)O)N2C1=O. The molecule has 0 radical (unpaired) electrons. The van der Waals surface area contributed by atoms with E-state index in [9.17, 15) is 24.3 Å². The molecule has 0 bridgehead atoms. The molecule has 10 heteroatoms. The highest BCUT2D eigenvalue weighted by molar-refractivity contribution is 8.93. The van der Waals surface area contributed by atoms with Crippen molar-refractivity contribution in [1.82, 2.24) is 15.3 Å². The highest BCUT2D eigenvalue weighted by atomic mass is 79.9. The number of benzene rings is 2. The van der Waals surface area contributed by atoms with E-state index in [2.05, 4.69) is 5.32 Å². The standard InChI is InChI=1S/C28H33N3O6.BrH/c1-2-37-28(36)23(15-12-19-10-13-21(14-11-19)20-7-4-3-5-8-20)29-22-16-17-25(32)30-18-6-9-24(27(34)35)31(30)26(22)33;/h3-5,7-8,10-11,13-14,22-24,29H,2,6,9,12,15-18H2,1H3,(H,34,35);1H/t22-,23-,24-;/m0./s1. The number of fused-ring (bicyclic) bond motifs is 1. The number of aliphatic carboxylic acids is 1. The van der Waals surface area contributed by atoms with E-state index in [1.54, 1.807) is 6.92 Å². The van der Waals surface area contributed by atoms with E-state index in [0.717, 1.165) is 21.7 Å². The van der Waals surface area contributed by atoms with Gasteiger partial charge in [-0.3, -0.25) is 24.7 Å². The third-order valence-electron chi connectivity index (χ3n) is 6.90. The topological polar surface area (TPSA) is 116 Å². The van der Waals surface area contributed by atoms with Crippen LogP contribution in [0, 0.1) is 0 Å². The number of carboxylic acid groups (broad SMARTS) is 1. The predicted octanol–water partition coefficient (Wildman–Crippen LogP) is 3.37. The van der Waals surface area contributed by atoms with E-state index in [4.69, 9.17) is 4.74 Å². The smallest absolute Gasteiger partial charge is 0.328 e. The molecule has 0 aromatic heterocycles. The van der Waals surface area contributed by atoms with Crippen LogP contribution in [0.4, 0.5) is 0 Å². The van der Waals surface area contributed by atoms with Gasteiger partial charge < -0.3 is 9.84 Å². The lowest BCUT2D eigenvalue weighted by Crippen LogP contribution is -2.62. The van der Waals surface area contributed by atoms with Crippen LogP contribution in [0.2, 0.25) is 0 Å². The lowest BCUT2D eigenvalue weighted by Gasteiger charge is -2.42. The summed E-state index contributed by atoms with van der Waals surface area (Å²) < 4.78 is 5.27. The van der Waals surface area contributed by atoms with Crippen LogP contribution in [-0.4, -0.2) is 70.2 Å². The Morgan fingerprint density at radius 2 is 1.74 bits per heavy atom. The molecule has 2 fully saturated rings. The number of hydrazine groups is 1. The fourth-order valence-electron chi connectivity index (χ4n) is 4.97. The molecule has 0 saturated carbocycles. The maximum atomic E-state index is 13.5. The summed E-state index contributed by atoms with van der Waals surface area (Å²) in [6, 6.07) is 15.4. The Kier molecular flexibility index (Phi) is 10.4. The molecule has 2 aliphatic rings. The number of halogens is 1. The maximum absolute atomic E-state index is 13.5. The molecule has 2 amide bonds. The second kappa shape index (κ2) is 13.5. The number of nitrogens with zero attached hydrogens (tertiary/aromatic N) is 2. The number of carboxylic acids is 1. The van der Waals surface area contributed by atoms with Crippen molar-refractivity contribution in [3.63, 3.8) is 0 Å². The summed E-state index contributed by atoms with van der Waals surface area (Å²) in [7, 11) is 0. The minimum atomic E-state index is -1.15. The molecular weight excluding hydrogens is 554 g/mol. The number of ether oxygens (including phenoxy) is 1. The van der Waals surface area contributed by atoms with E-state index in [1.165, 1.54) is 5.01 Å². The first kappa shape index (κ1) is 29.3. The molecule has 0 aliphatic carbocycles. The highest BCUT2D eigenvalue weighted by Crippen LogP contribution is 2.26. The Bertz CT molecular complexity index is 1130. The minimum Gasteiger partial charge on any atom is -0.480 e. The van der Waals surface area contributed by atoms with E-state index in [0.29, 0.717) is 25.8 Å². The molecule has 2 N–H and O–H groups in total. The number of nitrogens with one attached hydrogen (secondary N) is 1. The Morgan fingerprint density at radius 1 is 1.05 bits per heavy atom. The zero-order valence-corrected chi connectivity index (χ0v) is 23.1. The molecule has 2 aromatic carbocycles. The molecule has 38 heavy (non-hydrogen) atoms. The van der Waals surface area contributed by atoms with E-state index >= 15 is 0 Å². The molecule has 2 aliphatic heterocycles. The monoisotopic (exact) mass is 587 g/mol. The van der Waals surface area contributed by atoms with Crippen LogP contribution in [0.15, 0.2) is 54.6 Å². The van der Waals surface area contributed by atoms with E-state index < -0.39 is 36.0 Å². The summed E-state index contributed by atoms with van der Waals surface area (Å²) in [5.41, 5.74) is 3.25. The zero-order chi connectivity index (χ0) is 26.4. The van der Waals surface area contributed by atoms with Crippen LogP contribution in [0.25, 0.3) is 11.1 Å². The molecule has 2 saturated heterocycles. The Labute approximate surface area is 232 Å². The molecule has 3 atom stereocenters. The van der Waals surface area contributed by atoms with Gasteiger partial charge in [-0.05, 0) is 55.7 Å². The van der Waals surface area contributed by atoms with Gasteiger partial charge in [-0.2, -0.15) is 0 Å². The summed E-state index contributed by atoms with van der Waals surface area (Å²) in [5.74, 6) is -2.40. The number of rotatable bonds is 9. The summed E-state index contributed by atoms with van der Waals surface area (Å²) in [6.07, 6.45) is 2.00. The van der Waals surface area contributed by atoms with Crippen molar-refractivity contribution < 1.29 is 29.0 Å². The molecular formula is C28H34BrN3O6. The summed E-state index contributed by atoms with van der Waals surface area (Å²) in [6.45, 7) is 2.22. The molecule has 2 aromatic rings. The highest BCUT2D eigenvalue weighted by Gasteiger charge is 2.45. The van der Waals surface area contributed by atoms with E-state index in [-0.39, 0.29) is 48.8 Å². The van der Waals surface area contributed by atoms with Gasteiger partial charge in [0.25, 0.3) is 5.91 Å². The Morgan fingerprint density at radius 3 is 2.39 bits per heavy atom. The third kappa shape index (κ3) is 6.79. The lowest BCUT2D eigenvalue weighted by atomic mass is 9.99.